The van der Waals surface area contributed by atoms with Crippen LogP contribution in [0.15, 0.2) is 12.1 Å². The zero-order chi connectivity index (χ0) is 14.6. The van der Waals surface area contributed by atoms with Crippen LogP contribution in [-0.2, 0) is 15.0 Å². The molecular formula is C15H20O4. The summed E-state index contributed by atoms with van der Waals surface area (Å²) in [7, 11) is 3.07. The third-order valence-corrected chi connectivity index (χ3v) is 3.11. The number of methoxy groups -OCH3 is 2. The smallest absolute Gasteiger partial charge is 0.164 e. The lowest BCUT2D eigenvalue weighted by Crippen LogP contribution is -2.27. The van der Waals surface area contributed by atoms with Crippen LogP contribution in [0.5, 0.6) is 11.5 Å². The van der Waals surface area contributed by atoms with Crippen molar-refractivity contribution in [3.63, 3.8) is 0 Å². The number of carbonyl (C=O) groups is 2. The first-order valence-corrected chi connectivity index (χ1v) is 6.07. The van der Waals surface area contributed by atoms with Gasteiger partial charge in [0.2, 0.25) is 0 Å². The van der Waals surface area contributed by atoms with Crippen LogP contribution in [0.4, 0.5) is 0 Å². The van der Waals surface area contributed by atoms with Crippen molar-refractivity contribution in [2.24, 2.45) is 0 Å². The predicted molar refractivity (Wildman–Crippen MR) is 73.0 cm³/mol. The minimum atomic E-state index is -0.906. The van der Waals surface area contributed by atoms with Crippen molar-refractivity contribution in [2.45, 2.75) is 32.6 Å². The van der Waals surface area contributed by atoms with Crippen LogP contribution in [0.25, 0.3) is 0 Å². The first-order valence-electron chi connectivity index (χ1n) is 6.07. The molecule has 0 aliphatic heterocycles. The molecule has 104 valence electrons. The highest BCUT2D eigenvalue weighted by atomic mass is 16.5. The molecule has 0 saturated heterocycles. The van der Waals surface area contributed by atoms with Crippen molar-refractivity contribution in [3.05, 3.63) is 23.3 Å². The highest BCUT2D eigenvalue weighted by Gasteiger charge is 2.32. The summed E-state index contributed by atoms with van der Waals surface area (Å²) in [5.41, 5.74) is 0.720. The van der Waals surface area contributed by atoms with Gasteiger partial charge in [0.15, 0.2) is 11.5 Å². The van der Waals surface area contributed by atoms with Gasteiger partial charge in [-0.15, -0.1) is 0 Å². The summed E-state index contributed by atoms with van der Waals surface area (Å²) in [4.78, 5) is 22.9. The van der Waals surface area contributed by atoms with Crippen LogP contribution in [0, 0.1) is 6.92 Å². The average Bonchev–Trinajstić information content (AvgIpc) is 2.36. The molecule has 0 bridgehead atoms. The summed E-state index contributed by atoms with van der Waals surface area (Å²) in [5, 5.41) is 0. The number of hydrogen-bond acceptors (Lipinski definition) is 4. The fourth-order valence-corrected chi connectivity index (χ4v) is 2.24. The summed E-state index contributed by atoms with van der Waals surface area (Å²) in [5.74, 6) is 1.02. The van der Waals surface area contributed by atoms with E-state index in [4.69, 9.17) is 9.47 Å². The fourth-order valence-electron chi connectivity index (χ4n) is 2.24. The van der Waals surface area contributed by atoms with E-state index in [1.165, 1.54) is 14.0 Å². The van der Waals surface area contributed by atoms with Crippen molar-refractivity contribution in [3.8, 4) is 11.5 Å². The molecule has 0 saturated carbocycles. The maximum atomic E-state index is 11.5. The van der Waals surface area contributed by atoms with Crippen LogP contribution in [0.2, 0.25) is 0 Å². The van der Waals surface area contributed by atoms with Crippen LogP contribution >= 0.6 is 0 Å². The Morgan fingerprint density at radius 3 is 2.37 bits per heavy atom. The van der Waals surface area contributed by atoms with Gasteiger partial charge in [0, 0.05) is 12.0 Å². The largest absolute Gasteiger partial charge is 0.493 e. The van der Waals surface area contributed by atoms with E-state index in [1.807, 2.05) is 19.1 Å². The minimum Gasteiger partial charge on any atom is -0.493 e. The van der Waals surface area contributed by atoms with Gasteiger partial charge in [-0.1, -0.05) is 6.07 Å². The number of aldehydes is 1. The molecule has 4 nitrogen and oxygen atoms in total. The van der Waals surface area contributed by atoms with E-state index in [-0.39, 0.29) is 12.2 Å². The van der Waals surface area contributed by atoms with Crippen molar-refractivity contribution in [1.82, 2.24) is 0 Å². The third-order valence-electron chi connectivity index (χ3n) is 3.11. The van der Waals surface area contributed by atoms with Crippen LogP contribution in [-0.4, -0.2) is 26.3 Å². The number of aryl methyl sites for hydroxylation is 1. The van der Waals surface area contributed by atoms with Gasteiger partial charge < -0.3 is 14.3 Å². The van der Waals surface area contributed by atoms with E-state index < -0.39 is 5.41 Å². The number of hydrogen-bond donors (Lipinski definition) is 0. The number of ketones is 1. The molecule has 0 radical (unpaired) electrons. The predicted octanol–water partition coefficient (Wildman–Crippen LogP) is 2.45. The molecule has 0 aliphatic carbocycles. The SMILES string of the molecule is COc1cc(C)cc(C(C)(C=O)CC(C)=O)c1OC. The molecule has 0 amide bonds. The molecule has 1 aromatic rings. The Morgan fingerprint density at radius 1 is 1.32 bits per heavy atom. The molecule has 19 heavy (non-hydrogen) atoms. The van der Waals surface area contributed by atoms with Gasteiger partial charge in [-0.2, -0.15) is 0 Å². The molecule has 0 heterocycles. The third kappa shape index (κ3) is 3.13. The zero-order valence-electron chi connectivity index (χ0n) is 12.1. The van der Waals surface area contributed by atoms with Gasteiger partial charge in [0.25, 0.3) is 0 Å². The van der Waals surface area contributed by atoms with E-state index in [2.05, 4.69) is 0 Å². The summed E-state index contributed by atoms with van der Waals surface area (Å²) in [6.07, 6.45) is 0.935. The number of ether oxygens (including phenoxy) is 2. The molecule has 0 N–H and O–H groups in total. The van der Waals surface area contributed by atoms with Crippen LogP contribution in [0.1, 0.15) is 31.4 Å². The second-order valence-electron chi connectivity index (χ2n) is 4.96. The normalized spacial score (nSPS) is 13.5. The van der Waals surface area contributed by atoms with Crippen molar-refractivity contribution in [2.75, 3.05) is 14.2 Å². The maximum absolute atomic E-state index is 11.5. The Kier molecular flexibility index (Phi) is 4.70. The van der Waals surface area contributed by atoms with Gasteiger partial charge in [-0.25, -0.2) is 0 Å². The molecule has 1 unspecified atom stereocenters. The van der Waals surface area contributed by atoms with Crippen molar-refractivity contribution in [1.29, 1.82) is 0 Å². The molecule has 1 atom stereocenters. The Hall–Kier alpha value is -1.84. The number of Topliss-reactive ketones (excluding diaryl/α,β-unsaturated/α-hetero) is 1. The minimum absolute atomic E-state index is 0.0443. The summed E-state index contributed by atoms with van der Waals surface area (Å²) in [6, 6.07) is 3.69. The van der Waals surface area contributed by atoms with E-state index in [0.29, 0.717) is 17.1 Å². The quantitative estimate of drug-likeness (QED) is 0.741. The van der Waals surface area contributed by atoms with Crippen LogP contribution < -0.4 is 9.47 Å². The standard InChI is InChI=1S/C15H20O4/c1-10-6-12(14(19-5)13(7-10)18-4)15(3,9-16)8-11(2)17/h6-7,9H,8H2,1-5H3. The first kappa shape index (κ1) is 15.2. The molecule has 0 spiro atoms. The highest BCUT2D eigenvalue weighted by molar-refractivity contribution is 5.84. The maximum Gasteiger partial charge on any atom is 0.164 e. The van der Waals surface area contributed by atoms with Gasteiger partial charge in [0.05, 0.1) is 19.6 Å². The number of rotatable bonds is 6. The Bertz CT molecular complexity index is 493. The topological polar surface area (TPSA) is 52.6 Å². The molecule has 0 aromatic heterocycles. The van der Waals surface area contributed by atoms with Crippen LogP contribution in [0.3, 0.4) is 0 Å². The van der Waals surface area contributed by atoms with Crippen molar-refractivity contribution < 1.29 is 19.1 Å². The van der Waals surface area contributed by atoms with E-state index in [0.717, 1.165) is 11.8 Å². The second-order valence-corrected chi connectivity index (χ2v) is 4.96. The van der Waals surface area contributed by atoms with Gasteiger partial charge in [-0.05, 0) is 32.4 Å². The Morgan fingerprint density at radius 2 is 1.95 bits per heavy atom. The van der Waals surface area contributed by atoms with Gasteiger partial charge in [0.1, 0.15) is 12.1 Å². The number of carbonyl (C=O) groups excluding carboxylic acids is 2. The summed E-state index contributed by atoms with van der Waals surface area (Å²) < 4.78 is 10.6. The lowest BCUT2D eigenvalue weighted by molar-refractivity contribution is -0.122. The van der Waals surface area contributed by atoms with Gasteiger partial charge in [-0.3, -0.25) is 4.79 Å². The molecule has 0 aliphatic rings. The van der Waals surface area contributed by atoms with E-state index >= 15 is 0 Å². The monoisotopic (exact) mass is 264 g/mol. The summed E-state index contributed by atoms with van der Waals surface area (Å²) >= 11 is 0. The van der Waals surface area contributed by atoms with E-state index in [9.17, 15) is 9.59 Å². The van der Waals surface area contributed by atoms with Crippen molar-refractivity contribution >= 4 is 12.1 Å². The van der Waals surface area contributed by atoms with E-state index in [1.54, 1.807) is 14.0 Å². The lowest BCUT2D eigenvalue weighted by Gasteiger charge is -2.26. The second kappa shape index (κ2) is 5.87. The lowest BCUT2D eigenvalue weighted by atomic mass is 9.78. The molecule has 0 fully saturated rings. The zero-order valence-corrected chi connectivity index (χ0v) is 12.1. The average molecular weight is 264 g/mol. The first-order chi connectivity index (χ1) is 8.87. The Labute approximate surface area is 113 Å². The molecule has 4 heteroatoms. The number of benzene rings is 1. The molecular weight excluding hydrogens is 244 g/mol. The fraction of sp³-hybridized carbons (Fsp3) is 0.467. The molecule has 1 rings (SSSR count). The van der Waals surface area contributed by atoms with Gasteiger partial charge >= 0.3 is 0 Å². The Balaban J connectivity index is 3.49. The molecule has 1 aromatic carbocycles. The highest BCUT2D eigenvalue weighted by Crippen LogP contribution is 2.40. The summed E-state index contributed by atoms with van der Waals surface area (Å²) in [6.45, 7) is 5.11.